The van der Waals surface area contributed by atoms with Gasteiger partial charge in [0.1, 0.15) is 5.82 Å². The molecule has 0 atom stereocenters. The van der Waals surface area contributed by atoms with Gasteiger partial charge in [-0.2, -0.15) is 0 Å². The topological polar surface area (TPSA) is 104 Å². The molecule has 0 spiro atoms. The lowest BCUT2D eigenvalue weighted by Crippen LogP contribution is -2.49. The van der Waals surface area contributed by atoms with Crippen LogP contribution in [0, 0.1) is 0 Å². The fourth-order valence-electron chi connectivity index (χ4n) is 4.66. The molecule has 1 aliphatic heterocycles. The van der Waals surface area contributed by atoms with E-state index in [4.69, 9.17) is 5.73 Å². The van der Waals surface area contributed by atoms with Gasteiger partial charge in [0, 0.05) is 56.4 Å². The standard InChI is InChI=1S/C31H32N6O2/c32-31(39)27-22-34-29(20-28(27)33-21-24-9-5-2-6-10-24)35-25-11-13-26(14-12-25)36-15-17-37(18-16-36)30(38)19-23-7-3-1-4-8-23/h1-14,20,22H,15-19,21H2,(H2,32,39)(H2,33,34,35). The highest BCUT2D eigenvalue weighted by molar-refractivity contribution is 5.98. The van der Waals surface area contributed by atoms with Crippen LogP contribution in [0.4, 0.5) is 22.9 Å². The Kier molecular flexibility index (Phi) is 8.02. The first kappa shape index (κ1) is 25.8. The van der Waals surface area contributed by atoms with E-state index in [2.05, 4.69) is 32.7 Å². The lowest BCUT2D eigenvalue weighted by molar-refractivity contribution is -0.130. The number of carbonyl (C=O) groups is 2. The van der Waals surface area contributed by atoms with Gasteiger partial charge in [-0.25, -0.2) is 4.98 Å². The molecule has 8 heteroatoms. The van der Waals surface area contributed by atoms with Crippen LogP contribution in [-0.4, -0.2) is 47.9 Å². The molecule has 4 aromatic rings. The first-order chi connectivity index (χ1) is 19.0. The fraction of sp³-hybridized carbons (Fsp3) is 0.194. The molecular weight excluding hydrogens is 488 g/mol. The van der Waals surface area contributed by atoms with Crippen molar-refractivity contribution in [3.05, 3.63) is 114 Å². The van der Waals surface area contributed by atoms with Crippen molar-refractivity contribution < 1.29 is 9.59 Å². The van der Waals surface area contributed by atoms with E-state index in [0.717, 1.165) is 35.6 Å². The Morgan fingerprint density at radius 3 is 2.10 bits per heavy atom. The lowest BCUT2D eigenvalue weighted by atomic mass is 10.1. The van der Waals surface area contributed by atoms with Crippen LogP contribution < -0.4 is 21.3 Å². The van der Waals surface area contributed by atoms with Crippen molar-refractivity contribution in [2.45, 2.75) is 13.0 Å². The SMILES string of the molecule is NC(=O)c1cnc(Nc2ccc(N3CCN(C(=O)Cc4ccccc4)CC3)cc2)cc1NCc1ccccc1. The van der Waals surface area contributed by atoms with E-state index in [-0.39, 0.29) is 5.91 Å². The highest BCUT2D eigenvalue weighted by Gasteiger charge is 2.21. The van der Waals surface area contributed by atoms with E-state index in [1.165, 1.54) is 6.20 Å². The molecule has 5 rings (SSSR count). The number of pyridine rings is 1. The van der Waals surface area contributed by atoms with Crippen molar-refractivity contribution in [3.8, 4) is 0 Å². The summed E-state index contributed by atoms with van der Waals surface area (Å²) in [5.41, 5.74) is 10.7. The number of hydrogen-bond donors (Lipinski definition) is 3. The molecule has 4 N–H and O–H groups in total. The molecule has 0 unspecified atom stereocenters. The summed E-state index contributed by atoms with van der Waals surface area (Å²) in [6.45, 7) is 3.56. The highest BCUT2D eigenvalue weighted by atomic mass is 16.2. The third-order valence-electron chi connectivity index (χ3n) is 6.83. The molecule has 1 fully saturated rings. The van der Waals surface area contributed by atoms with E-state index < -0.39 is 5.91 Å². The van der Waals surface area contributed by atoms with Crippen molar-refractivity contribution in [2.75, 3.05) is 41.7 Å². The van der Waals surface area contributed by atoms with Crippen LogP contribution >= 0.6 is 0 Å². The van der Waals surface area contributed by atoms with Crippen LogP contribution in [0.1, 0.15) is 21.5 Å². The molecule has 0 bridgehead atoms. The lowest BCUT2D eigenvalue weighted by Gasteiger charge is -2.36. The van der Waals surface area contributed by atoms with Gasteiger partial charge in [0.05, 0.1) is 17.7 Å². The summed E-state index contributed by atoms with van der Waals surface area (Å²) >= 11 is 0. The number of aromatic nitrogens is 1. The first-order valence-electron chi connectivity index (χ1n) is 13.1. The fourth-order valence-corrected chi connectivity index (χ4v) is 4.66. The number of benzene rings is 3. The van der Waals surface area contributed by atoms with Crippen molar-refractivity contribution >= 4 is 34.7 Å². The third-order valence-corrected chi connectivity index (χ3v) is 6.83. The Hall–Kier alpha value is -4.85. The maximum atomic E-state index is 12.7. The number of nitrogens with zero attached hydrogens (tertiary/aromatic N) is 3. The minimum Gasteiger partial charge on any atom is -0.380 e. The highest BCUT2D eigenvalue weighted by Crippen LogP contribution is 2.25. The van der Waals surface area contributed by atoms with Crippen LogP contribution in [-0.2, 0) is 17.8 Å². The van der Waals surface area contributed by atoms with Crippen LogP contribution in [0.5, 0.6) is 0 Å². The van der Waals surface area contributed by atoms with Crippen LogP contribution in [0.15, 0.2) is 97.2 Å². The van der Waals surface area contributed by atoms with Gasteiger partial charge in [0.15, 0.2) is 0 Å². The number of hydrogen-bond acceptors (Lipinski definition) is 6. The normalized spacial score (nSPS) is 13.1. The van der Waals surface area contributed by atoms with Gasteiger partial charge in [0.25, 0.3) is 5.91 Å². The third kappa shape index (κ3) is 6.73. The van der Waals surface area contributed by atoms with Crippen molar-refractivity contribution in [3.63, 3.8) is 0 Å². The van der Waals surface area contributed by atoms with Gasteiger partial charge < -0.3 is 26.2 Å². The number of carbonyl (C=O) groups excluding carboxylic acids is 2. The molecule has 1 saturated heterocycles. The van der Waals surface area contributed by atoms with E-state index in [1.807, 2.05) is 77.7 Å². The molecule has 2 heterocycles. The van der Waals surface area contributed by atoms with Crippen molar-refractivity contribution in [1.82, 2.24) is 9.88 Å². The molecule has 8 nitrogen and oxygen atoms in total. The van der Waals surface area contributed by atoms with Crippen LogP contribution in [0.3, 0.4) is 0 Å². The van der Waals surface area contributed by atoms with E-state index in [9.17, 15) is 9.59 Å². The maximum absolute atomic E-state index is 12.7. The van der Waals surface area contributed by atoms with Crippen molar-refractivity contribution in [1.29, 1.82) is 0 Å². The Bertz CT molecular complexity index is 1400. The molecule has 1 aromatic heterocycles. The predicted octanol–water partition coefficient (Wildman–Crippen LogP) is 4.43. The first-order valence-corrected chi connectivity index (χ1v) is 13.1. The largest absolute Gasteiger partial charge is 0.380 e. The summed E-state index contributed by atoms with van der Waals surface area (Å²) in [7, 11) is 0. The second-order valence-electron chi connectivity index (χ2n) is 9.52. The summed E-state index contributed by atoms with van der Waals surface area (Å²) in [4.78, 5) is 33.2. The molecule has 3 aromatic carbocycles. The number of piperazine rings is 1. The van der Waals surface area contributed by atoms with E-state index >= 15 is 0 Å². The van der Waals surface area contributed by atoms with Crippen molar-refractivity contribution in [2.24, 2.45) is 5.73 Å². The molecule has 1 aliphatic rings. The summed E-state index contributed by atoms with van der Waals surface area (Å²) in [6, 6.07) is 29.8. The monoisotopic (exact) mass is 520 g/mol. The van der Waals surface area contributed by atoms with Crippen LogP contribution in [0.2, 0.25) is 0 Å². The molecular formula is C31H32N6O2. The Balaban J connectivity index is 1.18. The molecule has 198 valence electrons. The minimum absolute atomic E-state index is 0.174. The Morgan fingerprint density at radius 2 is 1.46 bits per heavy atom. The second-order valence-corrected chi connectivity index (χ2v) is 9.52. The van der Waals surface area contributed by atoms with Gasteiger partial charge >= 0.3 is 0 Å². The minimum atomic E-state index is -0.532. The molecule has 2 amide bonds. The van der Waals surface area contributed by atoms with Crippen LogP contribution in [0.25, 0.3) is 0 Å². The summed E-state index contributed by atoms with van der Waals surface area (Å²) < 4.78 is 0. The number of primary amides is 1. The zero-order valence-electron chi connectivity index (χ0n) is 21.7. The van der Waals surface area contributed by atoms with Gasteiger partial charge in [-0.3, -0.25) is 9.59 Å². The number of amides is 2. The second kappa shape index (κ2) is 12.1. The average molecular weight is 521 g/mol. The average Bonchev–Trinajstić information content (AvgIpc) is 2.97. The number of nitrogens with two attached hydrogens (primary N) is 1. The van der Waals surface area contributed by atoms with Gasteiger partial charge in [-0.05, 0) is 35.4 Å². The summed E-state index contributed by atoms with van der Waals surface area (Å²) in [5.74, 6) is 0.248. The van der Waals surface area contributed by atoms with Gasteiger partial charge in [-0.15, -0.1) is 0 Å². The number of nitrogens with one attached hydrogen (secondary N) is 2. The van der Waals surface area contributed by atoms with E-state index in [1.54, 1.807) is 6.07 Å². The number of anilines is 4. The zero-order chi connectivity index (χ0) is 27.0. The van der Waals surface area contributed by atoms with Gasteiger partial charge in [-0.1, -0.05) is 60.7 Å². The molecule has 39 heavy (non-hydrogen) atoms. The Labute approximate surface area is 228 Å². The zero-order valence-corrected chi connectivity index (χ0v) is 21.7. The Morgan fingerprint density at radius 1 is 0.821 bits per heavy atom. The smallest absolute Gasteiger partial charge is 0.252 e. The summed E-state index contributed by atoms with van der Waals surface area (Å²) in [5, 5.41) is 6.61. The molecule has 0 aliphatic carbocycles. The maximum Gasteiger partial charge on any atom is 0.252 e. The number of rotatable bonds is 9. The predicted molar refractivity (Wildman–Crippen MR) is 155 cm³/mol. The molecule has 0 radical (unpaired) electrons. The van der Waals surface area contributed by atoms with Gasteiger partial charge in [0.2, 0.25) is 5.91 Å². The quantitative estimate of drug-likeness (QED) is 0.302. The van der Waals surface area contributed by atoms with E-state index in [0.29, 0.717) is 43.1 Å². The molecule has 0 saturated carbocycles. The summed E-state index contributed by atoms with van der Waals surface area (Å²) in [6.07, 6.45) is 1.93.